The quantitative estimate of drug-likeness (QED) is 0.539. The second-order valence-corrected chi connectivity index (χ2v) is 9.55. The van der Waals surface area contributed by atoms with E-state index in [1.165, 1.54) is 33.9 Å². The molecule has 0 saturated heterocycles. The van der Waals surface area contributed by atoms with E-state index in [4.69, 9.17) is 14.6 Å². The fourth-order valence-electron chi connectivity index (χ4n) is 3.09. The Bertz CT molecular complexity index is 1200. The first-order valence-electron chi connectivity index (χ1n) is 9.39. The van der Waals surface area contributed by atoms with Crippen molar-refractivity contribution in [3.63, 3.8) is 0 Å². The van der Waals surface area contributed by atoms with Gasteiger partial charge in [-0.1, -0.05) is 18.2 Å². The Morgan fingerprint density at radius 1 is 1.06 bits per heavy atom. The van der Waals surface area contributed by atoms with Crippen LogP contribution >= 0.6 is 11.3 Å². The van der Waals surface area contributed by atoms with Crippen molar-refractivity contribution in [3.8, 4) is 11.5 Å². The highest BCUT2D eigenvalue weighted by atomic mass is 32.2. The maximum Gasteiger partial charge on any atom is 0.328 e. The highest BCUT2D eigenvalue weighted by Crippen LogP contribution is 2.36. The molecule has 0 unspecified atom stereocenters. The average Bonchev–Trinajstić information content (AvgIpc) is 3.29. The first-order chi connectivity index (χ1) is 14.9. The molecule has 2 heterocycles. The number of rotatable bonds is 7. The van der Waals surface area contributed by atoms with Gasteiger partial charge in [0.15, 0.2) is 11.5 Å². The van der Waals surface area contributed by atoms with Gasteiger partial charge in [-0.25, -0.2) is 13.2 Å². The minimum atomic E-state index is -3.90. The van der Waals surface area contributed by atoms with E-state index in [1.54, 1.807) is 30.3 Å². The Labute approximate surface area is 183 Å². The molecule has 9 heteroatoms. The summed E-state index contributed by atoms with van der Waals surface area (Å²) in [5.41, 5.74) is 1.05. The lowest BCUT2D eigenvalue weighted by atomic mass is 10.2. The summed E-state index contributed by atoms with van der Waals surface area (Å²) < 4.78 is 39.6. The number of benzene rings is 2. The van der Waals surface area contributed by atoms with Gasteiger partial charge >= 0.3 is 5.97 Å². The Morgan fingerprint density at radius 3 is 2.48 bits per heavy atom. The summed E-state index contributed by atoms with van der Waals surface area (Å²) in [6, 6.07) is 14.9. The zero-order valence-electron chi connectivity index (χ0n) is 16.3. The topological polar surface area (TPSA) is 93.1 Å². The molecule has 160 valence electrons. The molecule has 2 aromatic carbocycles. The molecule has 0 spiro atoms. The van der Waals surface area contributed by atoms with E-state index in [0.29, 0.717) is 36.0 Å². The van der Waals surface area contributed by atoms with Crippen molar-refractivity contribution in [1.29, 1.82) is 0 Å². The standard InChI is InChI=1S/C22H19NO6S2/c24-22(25)10-5-16-3-7-19(8-4-16)31(26,27)23(15-18-2-1-13-30-18)17-6-9-20-21(14-17)29-12-11-28-20/h1-10,13-14H,11-12,15H2,(H,24,25)/b10-5+. The largest absolute Gasteiger partial charge is 0.486 e. The second kappa shape index (κ2) is 8.83. The summed E-state index contributed by atoms with van der Waals surface area (Å²) >= 11 is 1.47. The fraction of sp³-hybridized carbons (Fsp3) is 0.136. The Balaban J connectivity index is 1.71. The van der Waals surface area contributed by atoms with Crippen LogP contribution in [0, 0.1) is 0 Å². The van der Waals surface area contributed by atoms with Crippen molar-refractivity contribution >= 4 is 39.1 Å². The van der Waals surface area contributed by atoms with Crippen LogP contribution in [-0.4, -0.2) is 32.7 Å². The molecule has 0 saturated carbocycles. The lowest BCUT2D eigenvalue weighted by Gasteiger charge is -2.26. The van der Waals surface area contributed by atoms with Crippen LogP contribution in [0.5, 0.6) is 11.5 Å². The lowest BCUT2D eigenvalue weighted by molar-refractivity contribution is -0.131. The van der Waals surface area contributed by atoms with E-state index in [0.717, 1.165) is 11.0 Å². The molecule has 0 fully saturated rings. The van der Waals surface area contributed by atoms with Gasteiger partial charge in [0.2, 0.25) is 0 Å². The molecule has 1 aliphatic heterocycles. The van der Waals surface area contributed by atoms with Crippen molar-refractivity contribution in [2.45, 2.75) is 11.4 Å². The summed E-state index contributed by atoms with van der Waals surface area (Å²) in [5.74, 6) is 0.0137. The van der Waals surface area contributed by atoms with Crippen molar-refractivity contribution in [2.75, 3.05) is 17.5 Å². The van der Waals surface area contributed by atoms with Crippen LogP contribution in [0.25, 0.3) is 6.08 Å². The molecular weight excluding hydrogens is 438 g/mol. The number of ether oxygens (including phenoxy) is 2. The van der Waals surface area contributed by atoms with E-state index in [-0.39, 0.29) is 11.4 Å². The monoisotopic (exact) mass is 457 g/mol. The number of carbonyl (C=O) groups is 1. The fourth-order valence-corrected chi connectivity index (χ4v) is 5.30. The van der Waals surface area contributed by atoms with Crippen LogP contribution in [-0.2, 0) is 21.4 Å². The summed E-state index contributed by atoms with van der Waals surface area (Å²) in [6.45, 7) is 1.02. The number of thiophene rings is 1. The maximum atomic E-state index is 13.6. The summed E-state index contributed by atoms with van der Waals surface area (Å²) in [7, 11) is -3.90. The number of aliphatic carboxylic acids is 1. The summed E-state index contributed by atoms with van der Waals surface area (Å²) in [5, 5.41) is 10.7. The number of carboxylic acids is 1. The molecule has 4 rings (SSSR count). The molecule has 1 N–H and O–H groups in total. The lowest BCUT2D eigenvalue weighted by Crippen LogP contribution is -2.30. The van der Waals surface area contributed by atoms with Gasteiger partial charge in [0.25, 0.3) is 10.0 Å². The Hall–Kier alpha value is -3.30. The SMILES string of the molecule is O=C(O)/C=C/c1ccc(S(=O)(=O)N(Cc2cccs2)c2ccc3c(c2)OCCO3)cc1. The van der Waals surface area contributed by atoms with E-state index < -0.39 is 16.0 Å². The van der Waals surface area contributed by atoms with E-state index in [1.807, 2.05) is 17.5 Å². The maximum absolute atomic E-state index is 13.6. The molecule has 3 aromatic rings. The molecular formula is C22H19NO6S2. The van der Waals surface area contributed by atoms with Gasteiger partial charge in [-0.05, 0) is 47.4 Å². The van der Waals surface area contributed by atoms with Gasteiger partial charge in [-0.3, -0.25) is 4.31 Å². The Kier molecular flexibility index (Phi) is 5.97. The predicted molar refractivity (Wildman–Crippen MR) is 118 cm³/mol. The number of hydrogen-bond donors (Lipinski definition) is 1. The molecule has 1 aliphatic rings. The smallest absolute Gasteiger partial charge is 0.328 e. The van der Waals surface area contributed by atoms with Gasteiger partial charge in [-0.15, -0.1) is 11.3 Å². The van der Waals surface area contributed by atoms with Crippen LogP contribution < -0.4 is 13.8 Å². The highest BCUT2D eigenvalue weighted by Gasteiger charge is 2.27. The molecule has 0 aliphatic carbocycles. The molecule has 7 nitrogen and oxygen atoms in total. The average molecular weight is 458 g/mol. The zero-order chi connectivity index (χ0) is 21.8. The normalized spacial score (nSPS) is 13.3. The second-order valence-electron chi connectivity index (χ2n) is 6.66. The first kappa shape index (κ1) is 21.0. The van der Waals surface area contributed by atoms with E-state index >= 15 is 0 Å². The third kappa shape index (κ3) is 4.73. The highest BCUT2D eigenvalue weighted by molar-refractivity contribution is 7.92. The number of carboxylic acid groups (broad SMARTS) is 1. The number of sulfonamides is 1. The van der Waals surface area contributed by atoms with E-state index in [9.17, 15) is 13.2 Å². The third-order valence-electron chi connectivity index (χ3n) is 4.58. The van der Waals surface area contributed by atoms with Crippen molar-refractivity contribution in [3.05, 3.63) is 76.5 Å². The zero-order valence-corrected chi connectivity index (χ0v) is 17.9. The van der Waals surface area contributed by atoms with Gasteiger partial charge in [0.1, 0.15) is 13.2 Å². The molecule has 0 atom stereocenters. The minimum absolute atomic E-state index is 0.103. The minimum Gasteiger partial charge on any atom is -0.486 e. The van der Waals surface area contributed by atoms with Crippen LogP contribution in [0.3, 0.4) is 0 Å². The van der Waals surface area contributed by atoms with Crippen LogP contribution in [0.15, 0.2) is 70.9 Å². The predicted octanol–water partition coefficient (Wildman–Crippen LogP) is 4.01. The molecule has 31 heavy (non-hydrogen) atoms. The number of nitrogens with zero attached hydrogens (tertiary/aromatic N) is 1. The van der Waals surface area contributed by atoms with Gasteiger partial charge in [0, 0.05) is 17.0 Å². The van der Waals surface area contributed by atoms with Gasteiger partial charge in [0.05, 0.1) is 17.1 Å². The van der Waals surface area contributed by atoms with Gasteiger partial charge < -0.3 is 14.6 Å². The molecule has 0 bridgehead atoms. The third-order valence-corrected chi connectivity index (χ3v) is 7.23. The van der Waals surface area contributed by atoms with Gasteiger partial charge in [-0.2, -0.15) is 0 Å². The summed E-state index contributed by atoms with van der Waals surface area (Å²) in [4.78, 5) is 11.7. The number of anilines is 1. The van der Waals surface area contributed by atoms with Crippen molar-refractivity contribution < 1.29 is 27.8 Å². The number of fused-ring (bicyclic) bond motifs is 1. The van der Waals surface area contributed by atoms with Crippen molar-refractivity contribution in [2.24, 2.45) is 0 Å². The molecule has 1 aromatic heterocycles. The number of hydrogen-bond acceptors (Lipinski definition) is 6. The Morgan fingerprint density at radius 2 is 1.81 bits per heavy atom. The van der Waals surface area contributed by atoms with E-state index in [2.05, 4.69) is 0 Å². The molecule has 0 amide bonds. The van der Waals surface area contributed by atoms with Crippen LogP contribution in [0.1, 0.15) is 10.4 Å². The van der Waals surface area contributed by atoms with Crippen molar-refractivity contribution in [1.82, 2.24) is 0 Å². The summed E-state index contributed by atoms with van der Waals surface area (Å²) in [6.07, 6.45) is 2.41. The van der Waals surface area contributed by atoms with Crippen LogP contribution in [0.4, 0.5) is 5.69 Å². The van der Waals surface area contributed by atoms with Crippen LogP contribution in [0.2, 0.25) is 0 Å². The molecule has 0 radical (unpaired) electrons. The first-order valence-corrected chi connectivity index (χ1v) is 11.7.